The maximum atomic E-state index is 11.1. The average Bonchev–Trinajstić information content (AvgIpc) is 2.16. The van der Waals surface area contributed by atoms with E-state index < -0.39 is 6.10 Å². The van der Waals surface area contributed by atoms with E-state index in [-0.39, 0.29) is 5.91 Å². The van der Waals surface area contributed by atoms with Crippen molar-refractivity contribution < 1.29 is 9.53 Å². The number of carbonyl (C=O) groups is 1. The van der Waals surface area contributed by atoms with E-state index in [9.17, 15) is 4.79 Å². The zero-order chi connectivity index (χ0) is 10.6. The van der Waals surface area contributed by atoms with Gasteiger partial charge in [0.25, 0.3) is 5.91 Å². The first-order valence-electron chi connectivity index (χ1n) is 4.12. The van der Waals surface area contributed by atoms with Crippen molar-refractivity contribution in [2.75, 3.05) is 7.05 Å². The summed E-state index contributed by atoms with van der Waals surface area (Å²) in [5, 5.41) is 2.50. The standard InChI is InChI=1S/C9H11BrN2O2/c1-6(9(13)11-2)14-8-3-7(10)4-12-5-8/h3-6H,1-2H3,(H,11,13). The van der Waals surface area contributed by atoms with E-state index in [1.807, 2.05) is 0 Å². The fraction of sp³-hybridized carbons (Fsp3) is 0.333. The molecule has 0 fully saturated rings. The topological polar surface area (TPSA) is 51.2 Å². The Kier molecular flexibility index (Phi) is 3.88. The Morgan fingerprint density at radius 3 is 2.93 bits per heavy atom. The van der Waals surface area contributed by atoms with Crippen LogP contribution in [0.1, 0.15) is 6.92 Å². The highest BCUT2D eigenvalue weighted by molar-refractivity contribution is 9.10. The van der Waals surface area contributed by atoms with E-state index in [0.29, 0.717) is 5.75 Å². The molecule has 1 aromatic rings. The average molecular weight is 259 g/mol. The zero-order valence-electron chi connectivity index (χ0n) is 7.95. The van der Waals surface area contributed by atoms with Crippen molar-refractivity contribution in [1.82, 2.24) is 10.3 Å². The first-order valence-corrected chi connectivity index (χ1v) is 4.91. The van der Waals surface area contributed by atoms with Gasteiger partial charge in [-0.05, 0) is 28.9 Å². The highest BCUT2D eigenvalue weighted by Gasteiger charge is 2.12. The Morgan fingerprint density at radius 2 is 2.36 bits per heavy atom. The van der Waals surface area contributed by atoms with E-state index in [2.05, 4.69) is 26.2 Å². The number of likely N-dealkylation sites (N-methyl/N-ethyl adjacent to an activating group) is 1. The largest absolute Gasteiger partial charge is 0.479 e. The van der Waals surface area contributed by atoms with Crippen LogP contribution in [0.25, 0.3) is 0 Å². The number of pyridine rings is 1. The summed E-state index contributed by atoms with van der Waals surface area (Å²) in [6, 6.07) is 1.76. The van der Waals surface area contributed by atoms with Gasteiger partial charge in [-0.2, -0.15) is 0 Å². The summed E-state index contributed by atoms with van der Waals surface area (Å²) in [4.78, 5) is 15.1. The summed E-state index contributed by atoms with van der Waals surface area (Å²) in [6.45, 7) is 1.68. The van der Waals surface area contributed by atoms with Crippen molar-refractivity contribution >= 4 is 21.8 Å². The lowest BCUT2D eigenvalue weighted by molar-refractivity contribution is -0.126. The molecule has 1 unspecified atom stereocenters. The second kappa shape index (κ2) is 4.95. The van der Waals surface area contributed by atoms with Gasteiger partial charge in [-0.1, -0.05) is 0 Å². The molecule has 1 N–H and O–H groups in total. The normalized spacial score (nSPS) is 11.9. The highest BCUT2D eigenvalue weighted by atomic mass is 79.9. The van der Waals surface area contributed by atoms with Crippen LogP contribution in [0.3, 0.4) is 0 Å². The van der Waals surface area contributed by atoms with Gasteiger partial charge in [0.1, 0.15) is 5.75 Å². The number of aromatic nitrogens is 1. The third-order valence-electron chi connectivity index (χ3n) is 1.61. The number of carbonyl (C=O) groups excluding carboxylic acids is 1. The molecule has 0 aromatic carbocycles. The van der Waals surface area contributed by atoms with Gasteiger partial charge in [-0.15, -0.1) is 0 Å². The zero-order valence-corrected chi connectivity index (χ0v) is 9.54. The Labute approximate surface area is 90.8 Å². The fourth-order valence-electron chi connectivity index (χ4n) is 0.918. The number of nitrogens with one attached hydrogen (secondary N) is 1. The van der Waals surface area contributed by atoms with E-state index in [0.717, 1.165) is 4.47 Å². The van der Waals surface area contributed by atoms with Crippen molar-refractivity contribution in [2.24, 2.45) is 0 Å². The van der Waals surface area contributed by atoms with Crippen LogP contribution >= 0.6 is 15.9 Å². The van der Waals surface area contributed by atoms with Gasteiger partial charge in [0.05, 0.1) is 6.20 Å². The van der Waals surface area contributed by atoms with Crippen LogP contribution in [0.2, 0.25) is 0 Å². The van der Waals surface area contributed by atoms with Crippen LogP contribution in [0.5, 0.6) is 5.75 Å². The first kappa shape index (κ1) is 11.0. The quantitative estimate of drug-likeness (QED) is 0.891. The van der Waals surface area contributed by atoms with Gasteiger partial charge in [-0.25, -0.2) is 0 Å². The van der Waals surface area contributed by atoms with E-state index in [1.54, 1.807) is 32.4 Å². The van der Waals surface area contributed by atoms with Crippen LogP contribution in [-0.4, -0.2) is 24.0 Å². The summed E-state index contributed by atoms with van der Waals surface area (Å²) in [7, 11) is 1.57. The van der Waals surface area contributed by atoms with E-state index in [4.69, 9.17) is 4.74 Å². The minimum absolute atomic E-state index is 0.162. The van der Waals surface area contributed by atoms with Crippen molar-refractivity contribution in [3.05, 3.63) is 22.9 Å². The Hall–Kier alpha value is -1.10. The molecule has 0 aliphatic carbocycles. The molecule has 0 bridgehead atoms. The molecule has 0 spiro atoms. The molecule has 1 atom stereocenters. The number of nitrogens with zero attached hydrogens (tertiary/aromatic N) is 1. The number of halogens is 1. The molecular weight excluding hydrogens is 248 g/mol. The third-order valence-corrected chi connectivity index (χ3v) is 2.04. The van der Waals surface area contributed by atoms with Crippen LogP contribution < -0.4 is 10.1 Å². The van der Waals surface area contributed by atoms with Gasteiger partial charge in [0.15, 0.2) is 6.10 Å². The van der Waals surface area contributed by atoms with Crippen molar-refractivity contribution in [1.29, 1.82) is 0 Å². The SMILES string of the molecule is CNC(=O)C(C)Oc1cncc(Br)c1. The van der Waals surface area contributed by atoms with E-state index >= 15 is 0 Å². The number of hydrogen-bond acceptors (Lipinski definition) is 3. The van der Waals surface area contributed by atoms with Gasteiger partial charge >= 0.3 is 0 Å². The molecule has 1 amide bonds. The molecule has 76 valence electrons. The second-order valence-electron chi connectivity index (χ2n) is 2.71. The molecule has 1 aromatic heterocycles. The van der Waals surface area contributed by atoms with Crippen LogP contribution in [-0.2, 0) is 4.79 Å². The number of amides is 1. The van der Waals surface area contributed by atoms with E-state index in [1.165, 1.54) is 0 Å². The summed E-state index contributed by atoms with van der Waals surface area (Å²) >= 11 is 3.26. The minimum Gasteiger partial charge on any atom is -0.479 e. The molecule has 0 radical (unpaired) electrons. The Morgan fingerprint density at radius 1 is 1.64 bits per heavy atom. The molecule has 0 aliphatic heterocycles. The molecule has 4 nitrogen and oxygen atoms in total. The molecule has 0 saturated heterocycles. The third kappa shape index (κ3) is 2.99. The van der Waals surface area contributed by atoms with Crippen molar-refractivity contribution in [3.63, 3.8) is 0 Å². The summed E-state index contributed by atoms with van der Waals surface area (Å²) in [6.07, 6.45) is 2.69. The van der Waals surface area contributed by atoms with Crippen LogP contribution in [0.15, 0.2) is 22.9 Å². The monoisotopic (exact) mass is 258 g/mol. The number of ether oxygens (including phenoxy) is 1. The lowest BCUT2D eigenvalue weighted by Gasteiger charge is -2.12. The molecule has 0 aliphatic rings. The lowest BCUT2D eigenvalue weighted by Crippen LogP contribution is -2.33. The predicted octanol–water partition coefficient (Wildman–Crippen LogP) is 1.36. The first-order chi connectivity index (χ1) is 6.63. The van der Waals surface area contributed by atoms with Crippen LogP contribution in [0, 0.1) is 0 Å². The molecule has 14 heavy (non-hydrogen) atoms. The summed E-state index contributed by atoms with van der Waals surface area (Å²) in [5.41, 5.74) is 0. The predicted molar refractivity (Wildman–Crippen MR) is 56.1 cm³/mol. The minimum atomic E-state index is -0.518. The second-order valence-corrected chi connectivity index (χ2v) is 3.63. The van der Waals surface area contributed by atoms with Gasteiger partial charge in [0, 0.05) is 17.7 Å². The van der Waals surface area contributed by atoms with Crippen molar-refractivity contribution in [3.8, 4) is 5.75 Å². The maximum absolute atomic E-state index is 11.1. The molecule has 1 rings (SSSR count). The van der Waals surface area contributed by atoms with Crippen LogP contribution in [0.4, 0.5) is 0 Å². The molecular formula is C9H11BrN2O2. The maximum Gasteiger partial charge on any atom is 0.260 e. The number of hydrogen-bond donors (Lipinski definition) is 1. The van der Waals surface area contributed by atoms with Gasteiger partial charge in [-0.3, -0.25) is 9.78 Å². The summed E-state index contributed by atoms with van der Waals surface area (Å²) < 4.78 is 6.16. The smallest absolute Gasteiger partial charge is 0.260 e. The highest BCUT2D eigenvalue weighted by Crippen LogP contribution is 2.16. The van der Waals surface area contributed by atoms with Gasteiger partial charge < -0.3 is 10.1 Å². The van der Waals surface area contributed by atoms with Gasteiger partial charge in [0.2, 0.25) is 0 Å². The number of rotatable bonds is 3. The Balaban J connectivity index is 2.64. The molecule has 0 saturated carbocycles. The van der Waals surface area contributed by atoms with Crippen molar-refractivity contribution in [2.45, 2.75) is 13.0 Å². The molecule has 1 heterocycles. The molecule has 5 heteroatoms. The Bertz CT molecular complexity index is 330. The summed E-state index contributed by atoms with van der Waals surface area (Å²) in [5.74, 6) is 0.403. The lowest BCUT2D eigenvalue weighted by atomic mass is 10.3. The fourth-order valence-corrected chi connectivity index (χ4v) is 1.26.